The third kappa shape index (κ3) is 2.85. The van der Waals surface area contributed by atoms with E-state index in [2.05, 4.69) is 21.2 Å². The second-order valence-electron chi connectivity index (χ2n) is 4.93. The highest BCUT2D eigenvalue weighted by Gasteiger charge is 2.14. The van der Waals surface area contributed by atoms with Crippen molar-refractivity contribution in [3.05, 3.63) is 58.3 Å². The highest BCUT2D eigenvalue weighted by molar-refractivity contribution is 9.10. The molecular weight excluding hydrogens is 346 g/mol. The second kappa shape index (κ2) is 5.85. The number of anilines is 1. The smallest absolute Gasteiger partial charge is 0.291 e. The Morgan fingerprint density at radius 3 is 2.73 bits per heavy atom. The fraction of sp³-hybridized carbons (Fsp3) is 0.118. The molecule has 112 valence electrons. The zero-order valence-corrected chi connectivity index (χ0v) is 13.7. The number of carbonyl (C=O) groups excluding carboxylic acids is 1. The number of furan rings is 1. The molecule has 4 nitrogen and oxygen atoms in total. The van der Waals surface area contributed by atoms with Gasteiger partial charge in [0.1, 0.15) is 11.3 Å². The summed E-state index contributed by atoms with van der Waals surface area (Å²) in [4.78, 5) is 12.3. The van der Waals surface area contributed by atoms with Gasteiger partial charge in [0.2, 0.25) is 0 Å². The maximum atomic E-state index is 12.3. The van der Waals surface area contributed by atoms with Crippen LogP contribution in [0.1, 0.15) is 16.1 Å². The van der Waals surface area contributed by atoms with Gasteiger partial charge < -0.3 is 14.5 Å². The monoisotopic (exact) mass is 359 g/mol. The van der Waals surface area contributed by atoms with Crippen molar-refractivity contribution in [3.8, 4) is 5.75 Å². The van der Waals surface area contributed by atoms with Crippen molar-refractivity contribution in [1.29, 1.82) is 0 Å². The number of hydrogen-bond acceptors (Lipinski definition) is 3. The lowest BCUT2D eigenvalue weighted by molar-refractivity contribution is 0.0998. The van der Waals surface area contributed by atoms with Crippen LogP contribution in [0.2, 0.25) is 0 Å². The minimum absolute atomic E-state index is 0.269. The highest BCUT2D eigenvalue weighted by Crippen LogP contribution is 2.25. The molecule has 1 amide bonds. The van der Waals surface area contributed by atoms with Crippen molar-refractivity contribution in [2.45, 2.75) is 6.92 Å². The van der Waals surface area contributed by atoms with E-state index in [1.54, 1.807) is 25.3 Å². The van der Waals surface area contributed by atoms with E-state index in [9.17, 15) is 4.79 Å². The van der Waals surface area contributed by atoms with Gasteiger partial charge in [-0.2, -0.15) is 0 Å². The number of ether oxygens (including phenoxy) is 1. The average molecular weight is 360 g/mol. The van der Waals surface area contributed by atoms with Gasteiger partial charge in [0.25, 0.3) is 5.91 Å². The predicted octanol–water partition coefficient (Wildman–Crippen LogP) is 4.76. The molecule has 0 spiro atoms. The maximum absolute atomic E-state index is 12.3. The number of methoxy groups -OCH3 is 1. The van der Waals surface area contributed by atoms with Crippen molar-refractivity contribution in [2.24, 2.45) is 0 Å². The molecule has 22 heavy (non-hydrogen) atoms. The summed E-state index contributed by atoms with van der Waals surface area (Å²) in [6, 6.07) is 12.8. The molecule has 0 radical (unpaired) electrons. The summed E-state index contributed by atoms with van der Waals surface area (Å²) in [5.41, 5.74) is 2.38. The molecule has 3 rings (SSSR count). The average Bonchev–Trinajstić information content (AvgIpc) is 2.93. The van der Waals surface area contributed by atoms with Crippen molar-refractivity contribution >= 4 is 38.5 Å². The Morgan fingerprint density at radius 2 is 2.00 bits per heavy atom. The van der Waals surface area contributed by atoms with Gasteiger partial charge in [-0.3, -0.25) is 4.79 Å². The molecule has 3 aromatic rings. The van der Waals surface area contributed by atoms with Crippen molar-refractivity contribution in [2.75, 3.05) is 12.4 Å². The van der Waals surface area contributed by atoms with Gasteiger partial charge in [0.05, 0.1) is 7.11 Å². The molecule has 1 aromatic heterocycles. The quantitative estimate of drug-likeness (QED) is 0.732. The lowest BCUT2D eigenvalue weighted by Gasteiger charge is -2.07. The van der Waals surface area contributed by atoms with E-state index in [0.29, 0.717) is 5.58 Å². The number of nitrogens with one attached hydrogen (secondary N) is 1. The van der Waals surface area contributed by atoms with E-state index in [1.807, 2.05) is 31.2 Å². The zero-order valence-electron chi connectivity index (χ0n) is 12.1. The molecule has 0 unspecified atom stereocenters. The number of carbonyl (C=O) groups is 1. The van der Waals surface area contributed by atoms with Crippen molar-refractivity contribution in [1.82, 2.24) is 0 Å². The summed E-state index contributed by atoms with van der Waals surface area (Å²) in [6.07, 6.45) is 0. The van der Waals surface area contributed by atoms with E-state index in [4.69, 9.17) is 9.15 Å². The summed E-state index contributed by atoms with van der Waals surface area (Å²) in [5.74, 6) is 0.718. The van der Waals surface area contributed by atoms with Crippen LogP contribution in [0.15, 0.2) is 51.4 Å². The number of amides is 1. The predicted molar refractivity (Wildman–Crippen MR) is 89.6 cm³/mol. The number of rotatable bonds is 3. The molecule has 2 aromatic carbocycles. The number of benzene rings is 2. The Labute approximate surface area is 136 Å². The van der Waals surface area contributed by atoms with Crippen LogP contribution in [0, 0.1) is 6.92 Å². The van der Waals surface area contributed by atoms with Crippen LogP contribution in [0.4, 0.5) is 5.69 Å². The fourth-order valence-corrected chi connectivity index (χ4v) is 2.69. The first-order valence-corrected chi connectivity index (χ1v) is 7.51. The van der Waals surface area contributed by atoms with Crippen LogP contribution in [0.3, 0.4) is 0 Å². The molecule has 1 N–H and O–H groups in total. The van der Waals surface area contributed by atoms with Crippen LogP contribution >= 0.6 is 15.9 Å². The van der Waals surface area contributed by atoms with Gasteiger partial charge in [-0.15, -0.1) is 0 Å². The third-order valence-corrected chi connectivity index (χ3v) is 3.88. The SMILES string of the molecule is COc1ccc2oc(C(=O)Nc3ccc(Br)cc3C)cc2c1. The molecule has 0 saturated heterocycles. The molecule has 0 fully saturated rings. The van der Waals surface area contributed by atoms with E-state index < -0.39 is 0 Å². The largest absolute Gasteiger partial charge is 0.497 e. The van der Waals surface area contributed by atoms with E-state index in [0.717, 1.165) is 26.9 Å². The molecule has 0 aliphatic rings. The van der Waals surface area contributed by atoms with Gasteiger partial charge in [-0.25, -0.2) is 0 Å². The van der Waals surface area contributed by atoms with Gasteiger partial charge in [-0.05, 0) is 55.0 Å². The topological polar surface area (TPSA) is 51.5 Å². The summed E-state index contributed by atoms with van der Waals surface area (Å²) in [7, 11) is 1.60. The summed E-state index contributed by atoms with van der Waals surface area (Å²) < 4.78 is 11.7. The van der Waals surface area contributed by atoms with E-state index in [1.165, 1.54) is 0 Å². The van der Waals surface area contributed by atoms with Crippen LogP contribution in [-0.2, 0) is 0 Å². The Balaban J connectivity index is 1.88. The zero-order chi connectivity index (χ0) is 15.7. The van der Waals surface area contributed by atoms with Crippen molar-refractivity contribution < 1.29 is 13.9 Å². The number of fused-ring (bicyclic) bond motifs is 1. The summed E-state index contributed by atoms with van der Waals surface area (Å²) in [6.45, 7) is 1.93. The van der Waals surface area contributed by atoms with Crippen molar-refractivity contribution in [3.63, 3.8) is 0 Å². The Kier molecular flexibility index (Phi) is 3.90. The molecule has 1 heterocycles. The van der Waals surface area contributed by atoms with Gasteiger partial charge in [0, 0.05) is 15.5 Å². The Morgan fingerprint density at radius 1 is 1.18 bits per heavy atom. The molecule has 0 bridgehead atoms. The lowest BCUT2D eigenvalue weighted by atomic mass is 10.2. The van der Waals surface area contributed by atoms with Gasteiger partial charge in [-0.1, -0.05) is 15.9 Å². The number of halogens is 1. The second-order valence-corrected chi connectivity index (χ2v) is 5.84. The molecular formula is C17H14BrNO3. The lowest BCUT2D eigenvalue weighted by Crippen LogP contribution is -2.11. The van der Waals surface area contributed by atoms with Crippen LogP contribution < -0.4 is 10.1 Å². The Bertz CT molecular complexity index is 854. The fourth-order valence-electron chi connectivity index (χ4n) is 2.21. The van der Waals surface area contributed by atoms with Crippen LogP contribution in [0.25, 0.3) is 11.0 Å². The molecule has 5 heteroatoms. The highest BCUT2D eigenvalue weighted by atomic mass is 79.9. The molecule has 0 aliphatic carbocycles. The minimum Gasteiger partial charge on any atom is -0.497 e. The van der Waals surface area contributed by atoms with E-state index in [-0.39, 0.29) is 11.7 Å². The third-order valence-electron chi connectivity index (χ3n) is 3.38. The van der Waals surface area contributed by atoms with Crippen LogP contribution in [0.5, 0.6) is 5.75 Å². The number of hydrogen-bond donors (Lipinski definition) is 1. The molecule has 0 saturated carbocycles. The van der Waals surface area contributed by atoms with E-state index >= 15 is 0 Å². The summed E-state index contributed by atoms with van der Waals surface area (Å²) in [5, 5.41) is 3.69. The first-order chi connectivity index (χ1) is 10.6. The molecule has 0 atom stereocenters. The summed E-state index contributed by atoms with van der Waals surface area (Å²) >= 11 is 3.40. The maximum Gasteiger partial charge on any atom is 0.291 e. The Hall–Kier alpha value is -2.27. The standard InChI is InChI=1S/C17H14BrNO3/c1-10-7-12(18)3-5-14(10)19-17(20)16-9-11-8-13(21-2)4-6-15(11)22-16/h3-9H,1-2H3,(H,19,20). The van der Waals surface area contributed by atoms with Crippen LogP contribution in [-0.4, -0.2) is 13.0 Å². The first kappa shape index (κ1) is 14.7. The number of aryl methyl sites for hydroxylation is 1. The van der Waals surface area contributed by atoms with Gasteiger partial charge in [0.15, 0.2) is 5.76 Å². The normalized spacial score (nSPS) is 10.7. The van der Waals surface area contributed by atoms with Gasteiger partial charge >= 0.3 is 0 Å². The first-order valence-electron chi connectivity index (χ1n) is 6.72. The minimum atomic E-state index is -0.277. The molecule has 0 aliphatic heterocycles.